The third kappa shape index (κ3) is 1.95. The fourth-order valence-electron chi connectivity index (χ4n) is 3.15. The molecule has 1 spiro atoms. The second-order valence-electron chi connectivity index (χ2n) is 5.57. The molecule has 2 aliphatic heterocycles. The summed E-state index contributed by atoms with van der Waals surface area (Å²) in [6.07, 6.45) is 2.50. The van der Waals surface area contributed by atoms with Crippen molar-refractivity contribution in [1.29, 1.82) is 5.26 Å². The predicted octanol–water partition coefficient (Wildman–Crippen LogP) is 1.45. The van der Waals surface area contributed by atoms with Gasteiger partial charge in [0.25, 0.3) is 0 Å². The van der Waals surface area contributed by atoms with Crippen LogP contribution in [0.5, 0.6) is 0 Å². The van der Waals surface area contributed by atoms with Crippen LogP contribution in [-0.4, -0.2) is 31.2 Å². The molecule has 0 radical (unpaired) electrons. The lowest BCUT2D eigenvalue weighted by Crippen LogP contribution is -2.29. The number of nitrogens with one attached hydrogen (secondary N) is 1. The fourth-order valence-corrected chi connectivity index (χ4v) is 3.15. The summed E-state index contributed by atoms with van der Waals surface area (Å²) >= 11 is 0. The third-order valence-electron chi connectivity index (χ3n) is 4.16. The molecular weight excluding hydrogens is 224 g/mol. The van der Waals surface area contributed by atoms with E-state index < -0.39 is 0 Å². The van der Waals surface area contributed by atoms with Crippen LogP contribution in [0.15, 0.2) is 12.1 Å². The monoisotopic (exact) mass is 242 g/mol. The summed E-state index contributed by atoms with van der Waals surface area (Å²) in [5.41, 5.74) is 2.08. The van der Waals surface area contributed by atoms with Crippen molar-refractivity contribution in [3.8, 4) is 6.07 Å². The van der Waals surface area contributed by atoms with Crippen molar-refractivity contribution < 1.29 is 0 Å². The zero-order valence-corrected chi connectivity index (χ0v) is 10.7. The van der Waals surface area contributed by atoms with Gasteiger partial charge >= 0.3 is 0 Å². The number of aryl methyl sites for hydroxylation is 1. The van der Waals surface area contributed by atoms with Gasteiger partial charge in [-0.15, -0.1) is 0 Å². The molecule has 3 rings (SSSR count). The average Bonchev–Trinajstić information content (AvgIpc) is 3.00. The molecule has 1 unspecified atom stereocenters. The van der Waals surface area contributed by atoms with Crippen LogP contribution in [-0.2, 0) is 0 Å². The lowest BCUT2D eigenvalue weighted by atomic mass is 9.87. The maximum atomic E-state index is 9.03. The van der Waals surface area contributed by atoms with Crippen molar-refractivity contribution in [3.63, 3.8) is 0 Å². The average molecular weight is 242 g/mol. The van der Waals surface area contributed by atoms with Crippen LogP contribution in [0.3, 0.4) is 0 Å². The number of hydrogen-bond donors (Lipinski definition) is 1. The lowest BCUT2D eigenvalue weighted by Gasteiger charge is -2.23. The van der Waals surface area contributed by atoms with E-state index in [4.69, 9.17) is 5.26 Å². The molecule has 3 heterocycles. The topological polar surface area (TPSA) is 52.0 Å². The van der Waals surface area contributed by atoms with E-state index in [0.717, 1.165) is 37.7 Å². The summed E-state index contributed by atoms with van der Waals surface area (Å²) in [4.78, 5) is 6.91. The van der Waals surface area contributed by atoms with Gasteiger partial charge in [0.2, 0.25) is 0 Å². The third-order valence-corrected chi connectivity index (χ3v) is 4.16. The predicted molar refractivity (Wildman–Crippen MR) is 70.4 cm³/mol. The Balaban J connectivity index is 1.84. The van der Waals surface area contributed by atoms with Crippen LogP contribution >= 0.6 is 0 Å². The lowest BCUT2D eigenvalue weighted by molar-refractivity contribution is 0.369. The highest BCUT2D eigenvalue weighted by atomic mass is 15.2. The first-order chi connectivity index (χ1) is 8.71. The van der Waals surface area contributed by atoms with Crippen molar-refractivity contribution in [2.75, 3.05) is 31.1 Å². The van der Waals surface area contributed by atoms with Crippen molar-refractivity contribution in [2.45, 2.75) is 19.8 Å². The normalized spacial score (nSPS) is 26.8. The van der Waals surface area contributed by atoms with E-state index in [-0.39, 0.29) is 0 Å². The molecule has 1 N–H and O–H groups in total. The van der Waals surface area contributed by atoms with E-state index in [1.807, 2.05) is 19.1 Å². The van der Waals surface area contributed by atoms with E-state index in [2.05, 4.69) is 21.3 Å². The minimum atomic E-state index is 0.443. The molecule has 4 heteroatoms. The Morgan fingerprint density at radius 1 is 1.44 bits per heavy atom. The highest BCUT2D eigenvalue weighted by molar-refractivity contribution is 5.47. The van der Waals surface area contributed by atoms with Gasteiger partial charge in [-0.2, -0.15) is 5.26 Å². The van der Waals surface area contributed by atoms with Gasteiger partial charge < -0.3 is 10.2 Å². The minimum Gasteiger partial charge on any atom is -0.356 e. The van der Waals surface area contributed by atoms with Crippen molar-refractivity contribution in [3.05, 3.63) is 23.4 Å². The van der Waals surface area contributed by atoms with E-state index in [9.17, 15) is 0 Å². The molecule has 0 bridgehead atoms. The molecule has 2 fully saturated rings. The van der Waals surface area contributed by atoms with E-state index in [0.29, 0.717) is 11.0 Å². The van der Waals surface area contributed by atoms with E-state index in [1.165, 1.54) is 12.8 Å². The Morgan fingerprint density at radius 3 is 3.06 bits per heavy atom. The van der Waals surface area contributed by atoms with Crippen LogP contribution in [0.1, 0.15) is 24.1 Å². The first-order valence-corrected chi connectivity index (χ1v) is 6.55. The molecule has 0 aliphatic carbocycles. The number of hydrogen-bond acceptors (Lipinski definition) is 4. The summed E-state index contributed by atoms with van der Waals surface area (Å²) in [5, 5.41) is 12.5. The highest BCUT2D eigenvalue weighted by Crippen LogP contribution is 2.37. The largest absolute Gasteiger partial charge is 0.356 e. The zero-order chi connectivity index (χ0) is 12.6. The Kier molecular flexibility index (Phi) is 2.71. The molecule has 0 aromatic carbocycles. The summed E-state index contributed by atoms with van der Waals surface area (Å²) in [6.45, 7) is 6.34. The first-order valence-electron chi connectivity index (χ1n) is 6.55. The van der Waals surface area contributed by atoms with Gasteiger partial charge in [-0.25, -0.2) is 4.98 Å². The molecular formula is C14H18N4. The number of nitriles is 1. The molecule has 18 heavy (non-hydrogen) atoms. The molecule has 1 aromatic rings. The van der Waals surface area contributed by atoms with Gasteiger partial charge in [0, 0.05) is 30.7 Å². The Hall–Kier alpha value is -1.60. The van der Waals surface area contributed by atoms with Gasteiger partial charge in [-0.3, -0.25) is 0 Å². The maximum Gasteiger partial charge on any atom is 0.130 e. The van der Waals surface area contributed by atoms with Gasteiger partial charge in [-0.05, 0) is 38.4 Å². The van der Waals surface area contributed by atoms with Crippen LogP contribution in [0.4, 0.5) is 5.82 Å². The molecule has 2 aliphatic rings. The highest BCUT2D eigenvalue weighted by Gasteiger charge is 2.40. The van der Waals surface area contributed by atoms with Crippen LogP contribution in [0.2, 0.25) is 0 Å². The van der Waals surface area contributed by atoms with Crippen LogP contribution < -0.4 is 10.2 Å². The van der Waals surface area contributed by atoms with Crippen LogP contribution in [0, 0.1) is 23.7 Å². The summed E-state index contributed by atoms with van der Waals surface area (Å²) in [6, 6.07) is 5.96. The van der Waals surface area contributed by atoms with Crippen molar-refractivity contribution in [1.82, 2.24) is 10.3 Å². The number of rotatable bonds is 1. The standard InChI is InChI=1S/C14H18N4/c1-11-6-12(8-15)7-13(17-11)18-5-3-14(10-18)2-4-16-9-14/h6-7,16H,2-5,9-10H2,1H3. The number of pyridine rings is 1. The Labute approximate surface area is 108 Å². The van der Waals surface area contributed by atoms with Gasteiger partial charge in [0.05, 0.1) is 11.6 Å². The Morgan fingerprint density at radius 2 is 2.33 bits per heavy atom. The Bertz CT molecular complexity index is 497. The van der Waals surface area contributed by atoms with Gasteiger partial charge in [-0.1, -0.05) is 0 Å². The quantitative estimate of drug-likeness (QED) is 0.810. The number of aromatic nitrogens is 1. The molecule has 1 atom stereocenters. The molecule has 0 amide bonds. The van der Waals surface area contributed by atoms with E-state index in [1.54, 1.807) is 0 Å². The van der Waals surface area contributed by atoms with Crippen molar-refractivity contribution >= 4 is 5.82 Å². The first kappa shape index (κ1) is 11.5. The molecule has 0 saturated carbocycles. The molecule has 94 valence electrons. The number of anilines is 1. The van der Waals surface area contributed by atoms with Crippen molar-refractivity contribution in [2.24, 2.45) is 5.41 Å². The fraction of sp³-hybridized carbons (Fsp3) is 0.571. The smallest absolute Gasteiger partial charge is 0.130 e. The molecule has 2 saturated heterocycles. The second-order valence-corrected chi connectivity index (χ2v) is 5.57. The minimum absolute atomic E-state index is 0.443. The summed E-state index contributed by atoms with van der Waals surface area (Å²) in [5.74, 6) is 0.968. The van der Waals surface area contributed by atoms with Gasteiger partial charge in [0.15, 0.2) is 0 Å². The summed E-state index contributed by atoms with van der Waals surface area (Å²) < 4.78 is 0. The number of nitrogens with zero attached hydrogens (tertiary/aromatic N) is 3. The SMILES string of the molecule is Cc1cc(C#N)cc(N2CCC3(CCNC3)C2)n1. The molecule has 1 aromatic heterocycles. The zero-order valence-electron chi connectivity index (χ0n) is 10.7. The second kappa shape index (κ2) is 4.25. The van der Waals surface area contributed by atoms with Crippen LogP contribution in [0.25, 0.3) is 0 Å². The molecule has 4 nitrogen and oxygen atoms in total. The summed E-state index contributed by atoms with van der Waals surface area (Å²) in [7, 11) is 0. The van der Waals surface area contributed by atoms with Gasteiger partial charge in [0.1, 0.15) is 5.82 Å². The van der Waals surface area contributed by atoms with E-state index >= 15 is 0 Å². The maximum absolute atomic E-state index is 9.03.